The molecule has 40 heavy (non-hydrogen) atoms. The van der Waals surface area contributed by atoms with Gasteiger partial charge in [0, 0.05) is 11.1 Å². The van der Waals surface area contributed by atoms with Crippen molar-refractivity contribution in [1.82, 2.24) is 13.9 Å². The molecule has 1 aromatic heterocycles. The highest BCUT2D eigenvalue weighted by Crippen LogP contribution is 2.47. The van der Waals surface area contributed by atoms with Gasteiger partial charge in [0.15, 0.2) is 5.78 Å². The van der Waals surface area contributed by atoms with Crippen molar-refractivity contribution in [2.45, 2.75) is 58.2 Å². The van der Waals surface area contributed by atoms with E-state index in [-0.39, 0.29) is 18.9 Å². The lowest BCUT2D eigenvalue weighted by molar-refractivity contribution is -0.149. The summed E-state index contributed by atoms with van der Waals surface area (Å²) < 4.78 is 15.3. The Kier molecular flexibility index (Phi) is 6.61. The highest BCUT2D eigenvalue weighted by molar-refractivity contribution is 5.94. The Labute approximate surface area is 228 Å². The Morgan fingerprint density at radius 1 is 1.10 bits per heavy atom. The number of carboxylic acid groups (broad SMARTS) is 1. The van der Waals surface area contributed by atoms with E-state index in [4.69, 9.17) is 9.47 Å². The molecule has 0 saturated carbocycles. The molecule has 0 saturated heterocycles. The third-order valence-electron chi connectivity index (χ3n) is 7.36. The minimum Gasteiger partial charge on any atom is -0.483 e. The van der Waals surface area contributed by atoms with Gasteiger partial charge in [0.25, 0.3) is 0 Å². The lowest BCUT2D eigenvalue weighted by atomic mass is 9.82. The first-order valence-corrected chi connectivity index (χ1v) is 12.9. The standard InChI is InChI=1S/C29H29N3O8/c1-5-39-26(36)21(15-24(34)35)18-8-11-20-23(14-18)40-29(3,4)22-12-13-30-27(37)31(28(38)32(30)25(20)22)19-9-6-17(7-10-19)16(2)33/h6-12,14,21,25H,5,13,15H2,1-4H3,(H,34,35). The van der Waals surface area contributed by atoms with Gasteiger partial charge in [0.2, 0.25) is 0 Å². The van der Waals surface area contributed by atoms with Crippen molar-refractivity contribution in [2.75, 3.05) is 6.61 Å². The normalized spacial score (nSPS) is 17.4. The highest BCUT2D eigenvalue weighted by atomic mass is 16.5. The SMILES string of the molecule is CCOC(=O)C(CC(=O)O)c1ccc2c(c1)OC(C)(C)C1=CCn3c(=O)n(-c4ccc(C(C)=O)cc4)c(=O)n3C12. The summed E-state index contributed by atoms with van der Waals surface area (Å²) in [5.74, 6) is -2.61. The lowest BCUT2D eigenvalue weighted by Crippen LogP contribution is -2.46. The molecule has 0 fully saturated rings. The summed E-state index contributed by atoms with van der Waals surface area (Å²) in [4.78, 5) is 63.1. The molecule has 208 valence electrons. The first-order chi connectivity index (χ1) is 18.9. The molecular weight excluding hydrogens is 518 g/mol. The molecule has 1 N–H and O–H groups in total. The smallest absolute Gasteiger partial charge is 0.352 e. The first-order valence-electron chi connectivity index (χ1n) is 12.9. The van der Waals surface area contributed by atoms with Crippen molar-refractivity contribution < 1.29 is 29.0 Å². The van der Waals surface area contributed by atoms with Crippen molar-refractivity contribution in [2.24, 2.45) is 0 Å². The molecule has 2 unspecified atom stereocenters. The largest absolute Gasteiger partial charge is 0.483 e. The second kappa shape index (κ2) is 9.82. The summed E-state index contributed by atoms with van der Waals surface area (Å²) >= 11 is 0. The Morgan fingerprint density at radius 3 is 2.42 bits per heavy atom. The van der Waals surface area contributed by atoms with E-state index in [9.17, 15) is 29.1 Å². The van der Waals surface area contributed by atoms with Gasteiger partial charge in [-0.25, -0.2) is 23.5 Å². The quantitative estimate of drug-likeness (QED) is 0.271. The second-order valence-corrected chi connectivity index (χ2v) is 10.3. The van der Waals surface area contributed by atoms with Gasteiger partial charge >= 0.3 is 23.3 Å². The molecule has 2 aliphatic rings. The van der Waals surface area contributed by atoms with E-state index in [2.05, 4.69) is 0 Å². The fourth-order valence-corrected chi connectivity index (χ4v) is 5.45. The van der Waals surface area contributed by atoms with Crippen LogP contribution in [-0.4, -0.2) is 49.0 Å². The number of nitrogens with zero attached hydrogens (tertiary/aromatic N) is 3. The number of carbonyl (C=O) groups excluding carboxylic acids is 2. The molecule has 3 heterocycles. The number of allylic oxidation sites excluding steroid dienone is 1. The Hall–Kier alpha value is -4.67. The Bertz CT molecular complexity index is 1690. The summed E-state index contributed by atoms with van der Waals surface area (Å²) in [5.41, 5.74) is 0.619. The maximum atomic E-state index is 13.8. The lowest BCUT2D eigenvalue weighted by Gasteiger charge is -2.42. The minimum atomic E-state index is -1.15. The van der Waals surface area contributed by atoms with Crippen LogP contribution in [0.5, 0.6) is 5.75 Å². The number of carboxylic acids is 1. The van der Waals surface area contributed by atoms with Crippen LogP contribution in [0.2, 0.25) is 0 Å². The molecule has 0 aliphatic carbocycles. The molecule has 3 aromatic rings. The number of ketones is 1. The molecule has 5 rings (SSSR count). The number of carbonyl (C=O) groups is 3. The Balaban J connectivity index is 1.65. The monoisotopic (exact) mass is 547 g/mol. The number of Topliss-reactive ketones (excluding diaryl/α,β-unsaturated/α-hetero) is 1. The molecule has 0 radical (unpaired) electrons. The fourth-order valence-electron chi connectivity index (χ4n) is 5.45. The van der Waals surface area contributed by atoms with Gasteiger partial charge in [-0.1, -0.05) is 18.2 Å². The van der Waals surface area contributed by atoms with Crippen LogP contribution in [0.3, 0.4) is 0 Å². The van der Waals surface area contributed by atoms with Gasteiger partial charge in [0.05, 0.1) is 31.2 Å². The molecule has 2 aliphatic heterocycles. The van der Waals surface area contributed by atoms with E-state index in [0.29, 0.717) is 28.1 Å². The van der Waals surface area contributed by atoms with Crippen molar-refractivity contribution in [3.63, 3.8) is 0 Å². The summed E-state index contributed by atoms with van der Waals surface area (Å²) in [6.07, 6.45) is 1.41. The third kappa shape index (κ3) is 4.37. The van der Waals surface area contributed by atoms with Gasteiger partial charge in [-0.05, 0) is 69.2 Å². The topological polar surface area (TPSA) is 139 Å². The number of benzene rings is 2. The first kappa shape index (κ1) is 26.9. The molecule has 0 bridgehead atoms. The molecule has 11 heteroatoms. The number of hydrogen-bond donors (Lipinski definition) is 1. The molecule has 11 nitrogen and oxygen atoms in total. The number of aliphatic carboxylic acids is 1. The highest BCUT2D eigenvalue weighted by Gasteiger charge is 2.44. The van der Waals surface area contributed by atoms with Gasteiger partial charge < -0.3 is 14.6 Å². The predicted octanol–water partition coefficient (Wildman–Crippen LogP) is 2.83. The number of esters is 1. The van der Waals surface area contributed by atoms with E-state index in [1.165, 1.54) is 16.3 Å². The van der Waals surface area contributed by atoms with Crippen LogP contribution in [0.15, 0.2) is 63.7 Å². The Morgan fingerprint density at radius 2 is 1.80 bits per heavy atom. The number of aromatic nitrogens is 3. The number of fused-ring (bicyclic) bond motifs is 5. The van der Waals surface area contributed by atoms with E-state index in [1.54, 1.807) is 49.4 Å². The molecule has 2 atom stereocenters. The number of ether oxygens (including phenoxy) is 2. The number of hydrogen-bond acceptors (Lipinski definition) is 7. The zero-order valence-corrected chi connectivity index (χ0v) is 22.5. The average molecular weight is 548 g/mol. The summed E-state index contributed by atoms with van der Waals surface area (Å²) in [7, 11) is 0. The maximum Gasteiger partial charge on any atom is 0.352 e. The summed E-state index contributed by atoms with van der Waals surface area (Å²) in [6, 6.07) is 10.5. The van der Waals surface area contributed by atoms with Crippen LogP contribution < -0.4 is 16.1 Å². The van der Waals surface area contributed by atoms with E-state index in [1.807, 2.05) is 19.9 Å². The number of rotatable bonds is 7. The van der Waals surface area contributed by atoms with E-state index in [0.717, 1.165) is 10.1 Å². The van der Waals surface area contributed by atoms with Gasteiger partial charge in [-0.15, -0.1) is 0 Å². The molecule has 0 amide bonds. The van der Waals surface area contributed by atoms with Crippen LogP contribution in [-0.2, 0) is 20.9 Å². The van der Waals surface area contributed by atoms with Gasteiger partial charge in [-0.2, -0.15) is 0 Å². The minimum absolute atomic E-state index is 0.106. The molecular formula is C29H29N3O8. The van der Waals surface area contributed by atoms with Crippen molar-refractivity contribution in [1.29, 1.82) is 0 Å². The second-order valence-electron chi connectivity index (χ2n) is 10.3. The van der Waals surface area contributed by atoms with Crippen LogP contribution >= 0.6 is 0 Å². The summed E-state index contributed by atoms with van der Waals surface area (Å²) in [5, 5.41) is 9.41. The third-order valence-corrected chi connectivity index (χ3v) is 7.36. The van der Waals surface area contributed by atoms with Gasteiger partial charge in [0.1, 0.15) is 17.4 Å². The average Bonchev–Trinajstić information content (AvgIpc) is 3.16. The van der Waals surface area contributed by atoms with Crippen LogP contribution in [0.1, 0.15) is 67.6 Å². The van der Waals surface area contributed by atoms with Gasteiger partial charge in [-0.3, -0.25) is 14.4 Å². The van der Waals surface area contributed by atoms with Crippen LogP contribution in [0.25, 0.3) is 5.69 Å². The zero-order chi connectivity index (χ0) is 28.9. The van der Waals surface area contributed by atoms with E-state index >= 15 is 0 Å². The van der Waals surface area contributed by atoms with Crippen molar-refractivity contribution in [3.8, 4) is 11.4 Å². The maximum absolute atomic E-state index is 13.8. The van der Waals surface area contributed by atoms with Crippen molar-refractivity contribution >= 4 is 17.7 Å². The van der Waals surface area contributed by atoms with Crippen molar-refractivity contribution in [3.05, 3.63) is 91.8 Å². The molecule has 2 aromatic carbocycles. The zero-order valence-electron chi connectivity index (χ0n) is 22.5. The van der Waals surface area contributed by atoms with Crippen LogP contribution in [0.4, 0.5) is 0 Å². The fraction of sp³-hybridized carbons (Fsp3) is 0.345. The summed E-state index contributed by atoms with van der Waals surface area (Å²) in [6.45, 7) is 7.03. The van der Waals surface area contributed by atoms with Crippen LogP contribution in [0, 0.1) is 0 Å². The van der Waals surface area contributed by atoms with E-state index < -0.39 is 47.3 Å². The predicted molar refractivity (Wildman–Crippen MR) is 143 cm³/mol. The molecule has 0 spiro atoms.